The van der Waals surface area contributed by atoms with E-state index < -0.39 is 0 Å². The first-order valence-electron chi connectivity index (χ1n) is 5.39. The molecule has 1 atom stereocenters. The lowest BCUT2D eigenvalue weighted by atomic mass is 9.90. The van der Waals surface area contributed by atoms with Crippen LogP contribution in [0.2, 0.25) is 0 Å². The number of amides is 1. The van der Waals surface area contributed by atoms with Gasteiger partial charge < -0.3 is 5.32 Å². The summed E-state index contributed by atoms with van der Waals surface area (Å²) < 4.78 is 0. The Labute approximate surface area is 86.1 Å². The molecule has 0 saturated heterocycles. The van der Waals surface area contributed by atoms with Gasteiger partial charge in [-0.15, -0.1) is 0 Å². The van der Waals surface area contributed by atoms with Gasteiger partial charge >= 0.3 is 0 Å². The van der Waals surface area contributed by atoms with Gasteiger partial charge in [-0.2, -0.15) is 0 Å². The van der Waals surface area contributed by atoms with Crippen molar-refractivity contribution in [1.29, 1.82) is 0 Å². The lowest BCUT2D eigenvalue weighted by molar-refractivity contribution is -0.121. The Kier molecular flexibility index (Phi) is 4.44. The molecule has 1 aliphatic carbocycles. The van der Waals surface area contributed by atoms with Crippen LogP contribution in [0.15, 0.2) is 23.8 Å². The minimum atomic E-state index is 0.166. The Hall–Kier alpha value is -1.05. The molecule has 1 aliphatic rings. The smallest absolute Gasteiger partial charge is 0.220 e. The molecule has 1 rings (SSSR count). The monoisotopic (exact) mass is 193 g/mol. The second-order valence-corrected chi connectivity index (χ2v) is 3.69. The molecule has 14 heavy (non-hydrogen) atoms. The highest BCUT2D eigenvalue weighted by atomic mass is 16.1. The van der Waals surface area contributed by atoms with E-state index in [0.29, 0.717) is 12.3 Å². The van der Waals surface area contributed by atoms with Crippen LogP contribution >= 0.6 is 0 Å². The zero-order valence-corrected chi connectivity index (χ0v) is 9.05. The topological polar surface area (TPSA) is 29.1 Å². The first-order chi connectivity index (χ1) is 6.76. The maximum absolute atomic E-state index is 11.3. The standard InChI is InChI=1S/C12H19NO/c1-3-10-6-5-7-11(8-10)9-12(14)13-4-2/h5-7,11H,3-4,8-9H2,1-2H3,(H,13,14). The van der Waals surface area contributed by atoms with Crippen LogP contribution in [0.3, 0.4) is 0 Å². The van der Waals surface area contributed by atoms with E-state index in [9.17, 15) is 4.79 Å². The molecule has 1 N–H and O–H groups in total. The van der Waals surface area contributed by atoms with Crippen molar-refractivity contribution in [3.8, 4) is 0 Å². The highest BCUT2D eigenvalue weighted by Gasteiger charge is 2.13. The van der Waals surface area contributed by atoms with E-state index in [-0.39, 0.29) is 5.91 Å². The summed E-state index contributed by atoms with van der Waals surface area (Å²) in [7, 11) is 0. The van der Waals surface area contributed by atoms with E-state index >= 15 is 0 Å². The molecule has 2 nitrogen and oxygen atoms in total. The number of allylic oxidation sites excluding steroid dienone is 4. The molecule has 2 heteroatoms. The predicted molar refractivity (Wildman–Crippen MR) is 58.9 cm³/mol. The molecule has 0 bridgehead atoms. The second-order valence-electron chi connectivity index (χ2n) is 3.69. The van der Waals surface area contributed by atoms with Gasteiger partial charge in [0.1, 0.15) is 0 Å². The van der Waals surface area contributed by atoms with Crippen molar-refractivity contribution in [3.63, 3.8) is 0 Å². The quantitative estimate of drug-likeness (QED) is 0.730. The molecular weight excluding hydrogens is 174 g/mol. The Bertz CT molecular complexity index is 253. The van der Waals surface area contributed by atoms with Gasteiger partial charge in [-0.25, -0.2) is 0 Å². The van der Waals surface area contributed by atoms with E-state index in [1.165, 1.54) is 5.57 Å². The first-order valence-corrected chi connectivity index (χ1v) is 5.39. The molecule has 0 aromatic rings. The Morgan fingerprint density at radius 3 is 3.00 bits per heavy atom. The molecule has 0 radical (unpaired) electrons. The van der Waals surface area contributed by atoms with Crippen molar-refractivity contribution in [2.45, 2.75) is 33.1 Å². The van der Waals surface area contributed by atoms with Crippen molar-refractivity contribution in [2.75, 3.05) is 6.54 Å². The van der Waals surface area contributed by atoms with E-state index in [4.69, 9.17) is 0 Å². The van der Waals surface area contributed by atoms with E-state index in [0.717, 1.165) is 19.4 Å². The molecule has 78 valence electrons. The van der Waals surface area contributed by atoms with Crippen molar-refractivity contribution >= 4 is 5.91 Å². The van der Waals surface area contributed by atoms with Crippen LogP contribution in [-0.2, 0) is 4.79 Å². The fourth-order valence-electron chi connectivity index (χ4n) is 1.73. The van der Waals surface area contributed by atoms with Crippen LogP contribution in [0, 0.1) is 5.92 Å². The zero-order valence-electron chi connectivity index (χ0n) is 9.05. The molecule has 0 spiro atoms. The number of rotatable bonds is 4. The summed E-state index contributed by atoms with van der Waals surface area (Å²) in [6, 6.07) is 0. The lowest BCUT2D eigenvalue weighted by Crippen LogP contribution is -2.25. The van der Waals surface area contributed by atoms with Gasteiger partial charge in [0.15, 0.2) is 0 Å². The van der Waals surface area contributed by atoms with Crippen LogP contribution in [0.4, 0.5) is 0 Å². The number of nitrogens with one attached hydrogen (secondary N) is 1. The summed E-state index contributed by atoms with van der Waals surface area (Å²) in [5.74, 6) is 0.570. The van der Waals surface area contributed by atoms with E-state index in [2.05, 4.69) is 30.5 Å². The molecule has 0 aromatic heterocycles. The van der Waals surface area contributed by atoms with Crippen molar-refractivity contribution in [1.82, 2.24) is 5.32 Å². The third-order valence-electron chi connectivity index (χ3n) is 2.52. The molecule has 0 saturated carbocycles. The van der Waals surface area contributed by atoms with Crippen molar-refractivity contribution in [3.05, 3.63) is 23.8 Å². The fraction of sp³-hybridized carbons (Fsp3) is 0.583. The van der Waals surface area contributed by atoms with E-state index in [1.807, 2.05) is 6.92 Å². The van der Waals surface area contributed by atoms with Crippen LogP contribution in [0.1, 0.15) is 33.1 Å². The fourth-order valence-corrected chi connectivity index (χ4v) is 1.73. The molecular formula is C12H19NO. The minimum absolute atomic E-state index is 0.166. The summed E-state index contributed by atoms with van der Waals surface area (Å²) in [5, 5.41) is 2.83. The molecule has 0 heterocycles. The number of carbonyl (C=O) groups is 1. The highest BCUT2D eigenvalue weighted by molar-refractivity contribution is 5.76. The Morgan fingerprint density at radius 2 is 2.36 bits per heavy atom. The van der Waals surface area contributed by atoms with Gasteiger partial charge in [0.05, 0.1) is 0 Å². The molecule has 0 aliphatic heterocycles. The largest absolute Gasteiger partial charge is 0.356 e. The van der Waals surface area contributed by atoms with Gasteiger partial charge in [-0.05, 0) is 25.7 Å². The van der Waals surface area contributed by atoms with Gasteiger partial charge in [0, 0.05) is 13.0 Å². The molecule has 1 amide bonds. The van der Waals surface area contributed by atoms with Crippen molar-refractivity contribution < 1.29 is 4.79 Å². The Morgan fingerprint density at radius 1 is 1.57 bits per heavy atom. The summed E-state index contributed by atoms with van der Waals surface area (Å²) >= 11 is 0. The van der Waals surface area contributed by atoms with Gasteiger partial charge in [0.2, 0.25) is 5.91 Å². The van der Waals surface area contributed by atoms with E-state index in [1.54, 1.807) is 0 Å². The van der Waals surface area contributed by atoms with Crippen LogP contribution in [-0.4, -0.2) is 12.5 Å². The summed E-state index contributed by atoms with van der Waals surface area (Å²) in [5.41, 5.74) is 1.45. The summed E-state index contributed by atoms with van der Waals surface area (Å²) in [6.07, 6.45) is 9.14. The molecule has 1 unspecified atom stereocenters. The van der Waals surface area contributed by atoms with Crippen molar-refractivity contribution in [2.24, 2.45) is 5.92 Å². The summed E-state index contributed by atoms with van der Waals surface area (Å²) in [4.78, 5) is 11.3. The van der Waals surface area contributed by atoms with Crippen LogP contribution in [0.25, 0.3) is 0 Å². The second kappa shape index (κ2) is 5.63. The number of hydrogen-bond donors (Lipinski definition) is 1. The van der Waals surface area contributed by atoms with Gasteiger partial charge in [-0.1, -0.05) is 30.7 Å². The van der Waals surface area contributed by atoms with Gasteiger partial charge in [-0.3, -0.25) is 4.79 Å². The number of hydrogen-bond acceptors (Lipinski definition) is 1. The van der Waals surface area contributed by atoms with Crippen LogP contribution in [0.5, 0.6) is 0 Å². The van der Waals surface area contributed by atoms with Gasteiger partial charge in [0.25, 0.3) is 0 Å². The molecule has 0 aromatic carbocycles. The number of carbonyl (C=O) groups excluding carboxylic acids is 1. The maximum Gasteiger partial charge on any atom is 0.220 e. The first kappa shape index (κ1) is 11.0. The Balaban J connectivity index is 2.38. The average molecular weight is 193 g/mol. The molecule has 0 fully saturated rings. The third-order valence-corrected chi connectivity index (χ3v) is 2.52. The summed E-state index contributed by atoms with van der Waals surface area (Å²) in [6.45, 7) is 4.84. The normalized spacial score (nSPS) is 20.4. The minimum Gasteiger partial charge on any atom is -0.356 e. The predicted octanol–water partition coefficient (Wildman–Crippen LogP) is 2.43. The van der Waals surface area contributed by atoms with Crippen LogP contribution < -0.4 is 5.32 Å². The zero-order chi connectivity index (χ0) is 10.4. The third kappa shape index (κ3) is 3.36. The average Bonchev–Trinajstić information content (AvgIpc) is 2.18. The lowest BCUT2D eigenvalue weighted by Gasteiger charge is -2.16. The SMILES string of the molecule is CCNC(=O)CC1C=CC=C(CC)C1. The highest BCUT2D eigenvalue weighted by Crippen LogP contribution is 2.23. The maximum atomic E-state index is 11.3.